The average Bonchev–Trinajstić information content (AvgIpc) is 2.49. The number of hydrogen-bond acceptors (Lipinski definition) is 4. The summed E-state index contributed by atoms with van der Waals surface area (Å²) in [6.45, 7) is 5.92. The number of piperidine rings is 1. The Hall–Kier alpha value is -1.02. The first-order valence-electron chi connectivity index (χ1n) is 8.38. The van der Waals surface area contributed by atoms with E-state index >= 15 is 0 Å². The van der Waals surface area contributed by atoms with Gasteiger partial charge >= 0.3 is 6.09 Å². The molecule has 1 aliphatic rings. The third-order valence-electron chi connectivity index (χ3n) is 3.89. The summed E-state index contributed by atoms with van der Waals surface area (Å²) in [6.07, 6.45) is 0.796. The highest BCUT2D eigenvalue weighted by Crippen LogP contribution is 2.28. The molecule has 0 radical (unpaired) electrons. The summed E-state index contributed by atoms with van der Waals surface area (Å²) in [6, 6.07) is 4.60. The first-order chi connectivity index (χ1) is 12.0. The number of hydrogen-bond donors (Lipinski definition) is 1. The van der Waals surface area contributed by atoms with Crippen molar-refractivity contribution in [1.29, 1.82) is 0 Å². The van der Waals surface area contributed by atoms with Gasteiger partial charge < -0.3 is 10.1 Å². The van der Waals surface area contributed by atoms with Crippen molar-refractivity contribution >= 4 is 39.3 Å². The summed E-state index contributed by atoms with van der Waals surface area (Å²) in [4.78, 5) is 11.9. The molecule has 146 valence electrons. The van der Waals surface area contributed by atoms with E-state index < -0.39 is 21.7 Å². The second-order valence-corrected chi connectivity index (χ2v) is 10.1. The Balaban J connectivity index is 2.04. The molecule has 0 aliphatic carbocycles. The van der Waals surface area contributed by atoms with Crippen LogP contribution in [0.25, 0.3) is 0 Å². The standard InChI is InChI=1S/C17H24Cl2N2O4S/c1-17(2,3)25-16(22)20-12-6-5-9-21(10-12)26(23,24)11-13-14(18)7-4-8-15(13)19/h4,7-8,12H,5-6,9-11H2,1-3H3,(H,20,22)/t12-/m1/s1. The molecule has 1 aromatic carbocycles. The molecule has 0 bridgehead atoms. The van der Waals surface area contributed by atoms with E-state index in [1.165, 1.54) is 4.31 Å². The third-order valence-corrected chi connectivity index (χ3v) is 6.37. The van der Waals surface area contributed by atoms with E-state index in [0.29, 0.717) is 35.0 Å². The molecule has 9 heteroatoms. The molecule has 26 heavy (non-hydrogen) atoms. The van der Waals surface area contributed by atoms with E-state index in [2.05, 4.69) is 5.32 Å². The summed E-state index contributed by atoms with van der Waals surface area (Å²) < 4.78 is 32.2. The van der Waals surface area contributed by atoms with Crippen LogP contribution < -0.4 is 5.32 Å². The normalized spacial score (nSPS) is 19.2. The summed E-state index contributed by atoms with van der Waals surface area (Å²) in [5, 5.41) is 3.39. The van der Waals surface area contributed by atoms with Crippen LogP contribution in [0, 0.1) is 0 Å². The Labute approximate surface area is 164 Å². The summed E-state index contributed by atoms with van der Waals surface area (Å²) >= 11 is 12.2. The van der Waals surface area contributed by atoms with Crippen LogP contribution in [0.2, 0.25) is 10.0 Å². The maximum Gasteiger partial charge on any atom is 0.407 e. The molecule has 0 spiro atoms. The number of alkyl carbamates (subject to hydrolysis) is 1. The Morgan fingerprint density at radius 1 is 1.31 bits per heavy atom. The van der Waals surface area contributed by atoms with Crippen molar-refractivity contribution in [3.05, 3.63) is 33.8 Å². The van der Waals surface area contributed by atoms with Gasteiger partial charge in [-0.3, -0.25) is 0 Å². The number of carbonyl (C=O) groups excluding carboxylic acids is 1. The zero-order valence-corrected chi connectivity index (χ0v) is 17.4. The highest BCUT2D eigenvalue weighted by atomic mass is 35.5. The molecular weight excluding hydrogens is 399 g/mol. The summed E-state index contributed by atoms with van der Waals surface area (Å²) in [7, 11) is -3.61. The fourth-order valence-corrected chi connectivity index (χ4v) is 5.09. The molecule has 1 aliphatic heterocycles. The van der Waals surface area contributed by atoms with Gasteiger partial charge in [0.05, 0.1) is 5.75 Å². The Bertz CT molecular complexity index is 742. The molecule has 1 amide bonds. The van der Waals surface area contributed by atoms with Gasteiger partial charge in [0.2, 0.25) is 10.0 Å². The number of nitrogens with one attached hydrogen (secondary N) is 1. The van der Waals surface area contributed by atoms with Crippen molar-refractivity contribution in [2.24, 2.45) is 0 Å². The van der Waals surface area contributed by atoms with E-state index in [4.69, 9.17) is 27.9 Å². The van der Waals surface area contributed by atoms with Crippen LogP contribution in [0.15, 0.2) is 18.2 Å². The fourth-order valence-electron chi connectivity index (χ4n) is 2.73. The average molecular weight is 423 g/mol. The molecule has 6 nitrogen and oxygen atoms in total. The minimum atomic E-state index is -3.61. The van der Waals surface area contributed by atoms with Gasteiger partial charge in [0.1, 0.15) is 5.60 Å². The molecule has 1 saturated heterocycles. The largest absolute Gasteiger partial charge is 0.444 e. The number of halogens is 2. The SMILES string of the molecule is CC(C)(C)OC(=O)N[C@@H]1CCCN(S(=O)(=O)Cc2c(Cl)cccc2Cl)C1. The number of nitrogens with zero attached hydrogens (tertiary/aromatic N) is 1. The van der Waals surface area contributed by atoms with Crippen LogP contribution in [-0.4, -0.2) is 43.5 Å². The van der Waals surface area contributed by atoms with Crippen molar-refractivity contribution in [1.82, 2.24) is 9.62 Å². The molecule has 0 unspecified atom stereocenters. The number of ether oxygens (including phenoxy) is 1. The maximum absolute atomic E-state index is 12.8. The van der Waals surface area contributed by atoms with Crippen molar-refractivity contribution in [2.45, 2.75) is 51.0 Å². The monoisotopic (exact) mass is 422 g/mol. The lowest BCUT2D eigenvalue weighted by atomic mass is 10.1. The van der Waals surface area contributed by atoms with Crippen molar-refractivity contribution < 1.29 is 17.9 Å². The molecule has 1 fully saturated rings. The van der Waals surface area contributed by atoms with Crippen LogP contribution in [0.5, 0.6) is 0 Å². The lowest BCUT2D eigenvalue weighted by Gasteiger charge is -2.33. The van der Waals surface area contributed by atoms with Gasteiger partial charge in [0.25, 0.3) is 0 Å². The Morgan fingerprint density at radius 3 is 2.50 bits per heavy atom. The molecule has 1 atom stereocenters. The first kappa shape index (κ1) is 21.3. The molecule has 1 heterocycles. The first-order valence-corrected chi connectivity index (χ1v) is 10.7. The topological polar surface area (TPSA) is 75.7 Å². The smallest absolute Gasteiger partial charge is 0.407 e. The molecule has 0 saturated carbocycles. The number of rotatable bonds is 4. The van der Waals surface area contributed by atoms with Crippen LogP contribution in [-0.2, 0) is 20.5 Å². The van der Waals surface area contributed by atoms with Gasteiger partial charge in [-0.1, -0.05) is 29.3 Å². The Morgan fingerprint density at radius 2 is 1.92 bits per heavy atom. The molecule has 2 rings (SSSR count). The molecule has 1 aromatic rings. The van der Waals surface area contributed by atoms with Gasteiger partial charge in [0.15, 0.2) is 0 Å². The summed E-state index contributed by atoms with van der Waals surface area (Å²) in [5.74, 6) is -0.273. The second kappa shape index (κ2) is 8.33. The van der Waals surface area contributed by atoms with Crippen molar-refractivity contribution in [3.8, 4) is 0 Å². The summed E-state index contributed by atoms with van der Waals surface area (Å²) in [5.41, 5.74) is -0.219. The van der Waals surface area contributed by atoms with Gasteiger partial charge in [-0.2, -0.15) is 4.31 Å². The number of amides is 1. The molecule has 0 aromatic heterocycles. The Kier molecular flexibility index (Phi) is 6.82. The number of benzene rings is 1. The van der Waals surface area contributed by atoms with Gasteiger partial charge in [0, 0.05) is 34.7 Å². The van der Waals surface area contributed by atoms with Gasteiger partial charge in [-0.25, -0.2) is 13.2 Å². The predicted molar refractivity (Wildman–Crippen MR) is 103 cm³/mol. The lowest BCUT2D eigenvalue weighted by Crippen LogP contribution is -2.50. The van der Waals surface area contributed by atoms with E-state index in [0.717, 1.165) is 0 Å². The number of carbonyl (C=O) groups is 1. The minimum Gasteiger partial charge on any atom is -0.444 e. The van der Waals surface area contributed by atoms with E-state index in [-0.39, 0.29) is 18.3 Å². The minimum absolute atomic E-state index is 0.198. The van der Waals surface area contributed by atoms with Crippen molar-refractivity contribution in [3.63, 3.8) is 0 Å². The maximum atomic E-state index is 12.8. The van der Waals surface area contributed by atoms with E-state index in [1.54, 1.807) is 39.0 Å². The highest BCUT2D eigenvalue weighted by Gasteiger charge is 2.31. The fraction of sp³-hybridized carbons (Fsp3) is 0.588. The third kappa shape index (κ3) is 6.01. The van der Waals surface area contributed by atoms with E-state index in [1.807, 2.05) is 0 Å². The quantitative estimate of drug-likeness (QED) is 0.799. The molecule has 1 N–H and O–H groups in total. The lowest BCUT2D eigenvalue weighted by molar-refractivity contribution is 0.0487. The van der Waals surface area contributed by atoms with Crippen molar-refractivity contribution in [2.75, 3.05) is 13.1 Å². The van der Waals surface area contributed by atoms with Gasteiger partial charge in [-0.15, -0.1) is 0 Å². The highest BCUT2D eigenvalue weighted by molar-refractivity contribution is 7.88. The van der Waals surface area contributed by atoms with Crippen LogP contribution in [0.1, 0.15) is 39.2 Å². The van der Waals surface area contributed by atoms with Crippen LogP contribution >= 0.6 is 23.2 Å². The zero-order valence-electron chi connectivity index (χ0n) is 15.1. The number of sulfonamides is 1. The molecular formula is C17H24Cl2N2O4S. The van der Waals surface area contributed by atoms with Crippen LogP contribution in [0.3, 0.4) is 0 Å². The van der Waals surface area contributed by atoms with Crippen LogP contribution in [0.4, 0.5) is 4.79 Å². The predicted octanol–water partition coefficient (Wildman–Crippen LogP) is 3.81. The second-order valence-electron chi connectivity index (χ2n) is 7.30. The zero-order chi connectivity index (χ0) is 19.5. The van der Waals surface area contributed by atoms with Gasteiger partial charge in [-0.05, 0) is 45.7 Å². The van der Waals surface area contributed by atoms with E-state index in [9.17, 15) is 13.2 Å².